The summed E-state index contributed by atoms with van der Waals surface area (Å²) in [5.74, 6) is -1.67. The molecule has 2 aliphatic rings. The van der Waals surface area contributed by atoms with E-state index in [-0.39, 0.29) is 22.4 Å². The van der Waals surface area contributed by atoms with E-state index >= 15 is 0 Å². The lowest BCUT2D eigenvalue weighted by molar-refractivity contribution is 0.0682. The minimum absolute atomic E-state index is 0.0225. The molecule has 4 heterocycles. The van der Waals surface area contributed by atoms with E-state index in [9.17, 15) is 19.2 Å². The molecule has 2 aromatic heterocycles. The third-order valence-electron chi connectivity index (χ3n) is 4.07. The second-order valence-corrected chi connectivity index (χ2v) is 8.59. The lowest BCUT2D eigenvalue weighted by Gasteiger charge is -2.06. The predicted molar refractivity (Wildman–Crippen MR) is 102 cm³/mol. The van der Waals surface area contributed by atoms with Crippen LogP contribution in [0.2, 0.25) is 0 Å². The van der Waals surface area contributed by atoms with E-state index in [2.05, 4.69) is 9.97 Å². The summed E-state index contributed by atoms with van der Waals surface area (Å²) in [5, 5.41) is 18.9. The third kappa shape index (κ3) is 3.69. The molecule has 2 unspecified atom stereocenters. The maximum atomic E-state index is 11.6. The SMILES string of the molecule is CC1CSc2ncc(C(=O)O)c(=O)n21.CC1Cn2c(ncc(C(=O)O)c2=O)S1. The number of fused-ring (bicyclic) bond motifs is 2. The number of carbonyl (C=O) groups is 2. The number of hydrogen-bond acceptors (Lipinski definition) is 8. The number of carboxylic acids is 2. The van der Waals surface area contributed by atoms with Gasteiger partial charge in [0, 0.05) is 36.0 Å². The lowest BCUT2D eigenvalue weighted by Crippen LogP contribution is -2.28. The van der Waals surface area contributed by atoms with Crippen molar-refractivity contribution in [2.75, 3.05) is 5.75 Å². The van der Waals surface area contributed by atoms with Gasteiger partial charge in [-0.3, -0.25) is 18.7 Å². The molecule has 0 saturated carbocycles. The van der Waals surface area contributed by atoms with Crippen molar-refractivity contribution in [3.05, 3.63) is 44.2 Å². The number of aromatic nitrogens is 4. The average molecular weight is 424 g/mol. The quantitative estimate of drug-likeness (QED) is 0.671. The first-order valence-corrected chi connectivity index (χ1v) is 10.0. The molecule has 0 saturated heterocycles. The van der Waals surface area contributed by atoms with Gasteiger partial charge in [-0.05, 0) is 6.92 Å². The Labute approximate surface area is 166 Å². The van der Waals surface area contributed by atoms with E-state index in [0.29, 0.717) is 16.9 Å². The van der Waals surface area contributed by atoms with Gasteiger partial charge in [0.15, 0.2) is 10.3 Å². The highest BCUT2D eigenvalue weighted by atomic mass is 32.2. The zero-order valence-electron chi connectivity index (χ0n) is 14.9. The minimum atomic E-state index is -1.22. The molecule has 2 atom stereocenters. The van der Waals surface area contributed by atoms with Crippen LogP contribution in [0.5, 0.6) is 0 Å². The Morgan fingerprint density at radius 2 is 1.61 bits per heavy atom. The zero-order chi connectivity index (χ0) is 20.6. The molecule has 0 spiro atoms. The van der Waals surface area contributed by atoms with Gasteiger partial charge in [-0.15, -0.1) is 0 Å². The predicted octanol–water partition coefficient (Wildman–Crippen LogP) is 1.04. The first-order valence-electron chi connectivity index (χ1n) is 8.18. The van der Waals surface area contributed by atoms with Crippen LogP contribution in [0.1, 0.15) is 40.6 Å². The van der Waals surface area contributed by atoms with Crippen molar-refractivity contribution >= 4 is 35.5 Å². The highest BCUT2D eigenvalue weighted by Gasteiger charge is 2.25. The lowest BCUT2D eigenvalue weighted by atomic mass is 10.3. The van der Waals surface area contributed by atoms with Crippen LogP contribution in [-0.2, 0) is 6.54 Å². The molecule has 0 amide bonds. The second kappa shape index (κ2) is 7.80. The molecule has 4 rings (SSSR count). The average Bonchev–Trinajstić information content (AvgIpc) is 3.19. The molecule has 0 aromatic carbocycles. The summed E-state index contributed by atoms with van der Waals surface area (Å²) in [7, 11) is 0. The van der Waals surface area contributed by atoms with E-state index in [0.717, 1.165) is 18.1 Å². The summed E-state index contributed by atoms with van der Waals surface area (Å²) < 4.78 is 2.85. The van der Waals surface area contributed by atoms with Crippen LogP contribution in [0.3, 0.4) is 0 Å². The monoisotopic (exact) mass is 424 g/mol. The summed E-state index contributed by atoms with van der Waals surface area (Å²) in [6.07, 6.45) is 2.25. The summed E-state index contributed by atoms with van der Waals surface area (Å²) in [6, 6.07) is 0.0225. The molecular weight excluding hydrogens is 408 g/mol. The summed E-state index contributed by atoms with van der Waals surface area (Å²) in [5.41, 5.74) is -1.44. The first kappa shape index (κ1) is 20.1. The molecule has 2 aliphatic heterocycles. The molecule has 10 nitrogen and oxygen atoms in total. The van der Waals surface area contributed by atoms with Crippen molar-refractivity contribution < 1.29 is 19.8 Å². The molecule has 148 valence electrons. The number of rotatable bonds is 2. The minimum Gasteiger partial charge on any atom is -0.477 e. The molecule has 0 radical (unpaired) electrons. The Balaban J connectivity index is 0.000000161. The van der Waals surface area contributed by atoms with Crippen molar-refractivity contribution in [3.8, 4) is 0 Å². The molecule has 0 fully saturated rings. The van der Waals surface area contributed by atoms with E-state index in [1.807, 2.05) is 13.8 Å². The number of aromatic carboxylic acids is 2. The molecule has 2 N–H and O–H groups in total. The van der Waals surface area contributed by atoms with Crippen LogP contribution < -0.4 is 11.1 Å². The highest BCUT2D eigenvalue weighted by molar-refractivity contribution is 8.00. The van der Waals surface area contributed by atoms with Crippen LogP contribution in [0, 0.1) is 0 Å². The van der Waals surface area contributed by atoms with Crippen LogP contribution in [0.4, 0.5) is 0 Å². The normalized spacial score (nSPS) is 19.4. The van der Waals surface area contributed by atoms with Crippen molar-refractivity contribution in [1.29, 1.82) is 0 Å². The van der Waals surface area contributed by atoms with Gasteiger partial charge in [0.2, 0.25) is 0 Å². The fraction of sp³-hybridized carbons (Fsp3) is 0.375. The van der Waals surface area contributed by atoms with Gasteiger partial charge in [0.05, 0.1) is 0 Å². The van der Waals surface area contributed by atoms with Crippen LogP contribution in [0.15, 0.2) is 32.3 Å². The first-order chi connectivity index (χ1) is 13.2. The Morgan fingerprint density at radius 1 is 1.04 bits per heavy atom. The Bertz CT molecular complexity index is 1080. The van der Waals surface area contributed by atoms with Gasteiger partial charge in [-0.1, -0.05) is 30.4 Å². The standard InChI is InChI=1S/2C8H8N2O3S/c1-4-3-14-8-9-2-5(7(12)13)6(11)10(4)8;1-4-3-10-6(11)5(7(12)13)2-9-8(10)14-4/h2*2,4H,3H2,1H3,(H,12,13). The molecule has 0 bridgehead atoms. The molecule has 2 aromatic rings. The van der Waals surface area contributed by atoms with Crippen molar-refractivity contribution in [2.45, 2.75) is 42.0 Å². The Hall–Kier alpha value is -2.60. The number of thioether (sulfide) groups is 2. The molecule has 28 heavy (non-hydrogen) atoms. The fourth-order valence-electron chi connectivity index (χ4n) is 2.72. The third-order valence-corrected chi connectivity index (χ3v) is 6.37. The summed E-state index contributed by atoms with van der Waals surface area (Å²) in [4.78, 5) is 52.4. The van der Waals surface area contributed by atoms with E-state index in [1.165, 1.54) is 32.7 Å². The summed E-state index contributed by atoms with van der Waals surface area (Å²) >= 11 is 2.95. The van der Waals surface area contributed by atoms with E-state index < -0.39 is 23.1 Å². The van der Waals surface area contributed by atoms with Crippen LogP contribution in [0.25, 0.3) is 0 Å². The number of nitrogens with zero attached hydrogens (tertiary/aromatic N) is 4. The van der Waals surface area contributed by atoms with Gasteiger partial charge in [0.25, 0.3) is 11.1 Å². The van der Waals surface area contributed by atoms with Crippen LogP contribution >= 0.6 is 23.5 Å². The smallest absolute Gasteiger partial charge is 0.342 e. The van der Waals surface area contributed by atoms with Crippen LogP contribution in [-0.4, -0.2) is 52.3 Å². The van der Waals surface area contributed by atoms with Gasteiger partial charge in [0.1, 0.15) is 11.1 Å². The molecule has 12 heteroatoms. The van der Waals surface area contributed by atoms with Gasteiger partial charge >= 0.3 is 11.9 Å². The Kier molecular flexibility index (Phi) is 5.61. The van der Waals surface area contributed by atoms with Gasteiger partial charge < -0.3 is 10.2 Å². The van der Waals surface area contributed by atoms with E-state index in [4.69, 9.17) is 10.2 Å². The van der Waals surface area contributed by atoms with Crippen molar-refractivity contribution in [2.24, 2.45) is 0 Å². The second-order valence-electron chi connectivity index (χ2n) is 6.20. The van der Waals surface area contributed by atoms with Crippen molar-refractivity contribution in [3.63, 3.8) is 0 Å². The van der Waals surface area contributed by atoms with Crippen molar-refractivity contribution in [1.82, 2.24) is 19.1 Å². The highest BCUT2D eigenvalue weighted by Crippen LogP contribution is 2.29. The van der Waals surface area contributed by atoms with Gasteiger partial charge in [-0.2, -0.15) is 0 Å². The topological polar surface area (TPSA) is 144 Å². The Morgan fingerprint density at radius 3 is 2.21 bits per heavy atom. The van der Waals surface area contributed by atoms with E-state index in [1.54, 1.807) is 0 Å². The number of hydrogen-bond donors (Lipinski definition) is 2. The maximum Gasteiger partial charge on any atom is 0.342 e. The zero-order valence-corrected chi connectivity index (χ0v) is 16.5. The summed E-state index contributed by atoms with van der Waals surface area (Å²) in [6.45, 7) is 4.38. The largest absolute Gasteiger partial charge is 0.477 e. The maximum absolute atomic E-state index is 11.6. The number of carboxylic acid groups (broad SMARTS) is 2. The molecule has 0 aliphatic carbocycles. The fourth-order valence-corrected chi connectivity index (χ4v) is 4.77. The molecular formula is C16H16N4O6S2. The van der Waals surface area contributed by atoms with Gasteiger partial charge in [-0.25, -0.2) is 19.6 Å².